The molecule has 2 aliphatic rings. The number of likely N-dealkylation sites (tertiary alicyclic amines) is 2. The van der Waals surface area contributed by atoms with Gasteiger partial charge in [0.15, 0.2) is 5.54 Å². The van der Waals surface area contributed by atoms with E-state index in [-0.39, 0.29) is 5.91 Å². The van der Waals surface area contributed by atoms with Crippen LogP contribution in [-0.2, 0) is 10.3 Å². The molecule has 196 valence electrons. The lowest BCUT2D eigenvalue weighted by molar-refractivity contribution is -0.133. The molecule has 0 radical (unpaired) electrons. The molecule has 2 aromatic rings. The number of carbonyl (C=O) groups excluding carboxylic acids is 1. The van der Waals surface area contributed by atoms with E-state index in [0.717, 1.165) is 55.0 Å². The fraction of sp³-hybridized carbons (Fsp3) is 0.567. The fourth-order valence-corrected chi connectivity index (χ4v) is 6.02. The van der Waals surface area contributed by atoms with E-state index in [4.69, 9.17) is 9.47 Å². The molecule has 1 N–H and O–H groups in total. The molecule has 1 unspecified atom stereocenters. The second-order valence-electron chi connectivity index (χ2n) is 9.96. The van der Waals surface area contributed by atoms with Crippen LogP contribution in [0.25, 0.3) is 0 Å². The third-order valence-electron chi connectivity index (χ3n) is 7.73. The molecule has 0 aliphatic carbocycles. The maximum atomic E-state index is 14.3. The zero-order valence-corrected chi connectivity index (χ0v) is 22.3. The molecule has 0 spiro atoms. The number of hydrogen-bond acceptors (Lipinski definition) is 5. The highest BCUT2D eigenvalue weighted by molar-refractivity contribution is 5.92. The van der Waals surface area contributed by atoms with E-state index in [1.165, 1.54) is 32.4 Å². The Kier molecular flexibility index (Phi) is 9.27. The molecule has 6 nitrogen and oxygen atoms in total. The van der Waals surface area contributed by atoms with E-state index in [1.807, 2.05) is 49.4 Å². The summed E-state index contributed by atoms with van der Waals surface area (Å²) in [6.07, 6.45) is 7.00. The van der Waals surface area contributed by atoms with Gasteiger partial charge in [-0.2, -0.15) is 0 Å². The number of carbonyl (C=O) groups is 1. The Bertz CT molecular complexity index is 983. The molecule has 2 saturated heterocycles. The van der Waals surface area contributed by atoms with Crippen molar-refractivity contribution in [2.45, 2.75) is 64.0 Å². The van der Waals surface area contributed by atoms with Crippen LogP contribution in [0.2, 0.25) is 0 Å². The number of para-hydroxylation sites is 1. The lowest BCUT2D eigenvalue weighted by Gasteiger charge is -2.48. The van der Waals surface area contributed by atoms with Gasteiger partial charge in [0.05, 0.1) is 13.7 Å². The van der Waals surface area contributed by atoms with Crippen LogP contribution in [0.4, 0.5) is 0 Å². The van der Waals surface area contributed by atoms with Gasteiger partial charge in [0.25, 0.3) is 0 Å². The van der Waals surface area contributed by atoms with Gasteiger partial charge in [-0.3, -0.25) is 9.69 Å². The number of nitrogens with one attached hydrogen (secondary N) is 1. The highest BCUT2D eigenvalue weighted by Crippen LogP contribution is 2.43. The van der Waals surface area contributed by atoms with Gasteiger partial charge in [-0.05, 0) is 75.9 Å². The Hall–Kier alpha value is -2.57. The summed E-state index contributed by atoms with van der Waals surface area (Å²) < 4.78 is 11.9. The summed E-state index contributed by atoms with van der Waals surface area (Å²) in [5.41, 5.74) is 0.784. The molecule has 2 fully saturated rings. The normalized spacial score (nSPS) is 19.4. The van der Waals surface area contributed by atoms with Crippen molar-refractivity contribution in [2.24, 2.45) is 0 Å². The summed E-state index contributed by atoms with van der Waals surface area (Å²) in [4.78, 5) is 19.3. The van der Waals surface area contributed by atoms with E-state index in [2.05, 4.69) is 28.1 Å². The minimum absolute atomic E-state index is 0.0152. The molecule has 0 aromatic heterocycles. The maximum absolute atomic E-state index is 14.3. The minimum Gasteiger partial charge on any atom is -0.496 e. The van der Waals surface area contributed by atoms with E-state index in [9.17, 15) is 4.79 Å². The predicted molar refractivity (Wildman–Crippen MR) is 145 cm³/mol. The van der Waals surface area contributed by atoms with Gasteiger partial charge < -0.3 is 19.7 Å². The lowest BCUT2D eigenvalue weighted by atomic mass is 9.78. The number of likely N-dealkylation sites (N-methyl/N-ethyl adjacent to an activating group) is 1. The third kappa shape index (κ3) is 5.40. The van der Waals surface area contributed by atoms with Gasteiger partial charge in [-0.1, -0.05) is 43.7 Å². The number of piperidine rings is 2. The topological polar surface area (TPSA) is 54.0 Å². The van der Waals surface area contributed by atoms with Crippen molar-refractivity contribution in [1.82, 2.24) is 15.1 Å². The Morgan fingerprint density at radius 3 is 2.44 bits per heavy atom. The molecule has 0 saturated carbocycles. The molecule has 6 heteroatoms. The second-order valence-corrected chi connectivity index (χ2v) is 9.96. The number of benzene rings is 2. The molecule has 4 rings (SSSR count). The Labute approximate surface area is 217 Å². The van der Waals surface area contributed by atoms with E-state index < -0.39 is 5.54 Å². The summed E-state index contributed by atoms with van der Waals surface area (Å²) >= 11 is 0. The Morgan fingerprint density at radius 2 is 1.75 bits per heavy atom. The quantitative estimate of drug-likeness (QED) is 0.515. The lowest BCUT2D eigenvalue weighted by Crippen LogP contribution is -2.60. The number of hydrogen-bond donors (Lipinski definition) is 1. The zero-order valence-electron chi connectivity index (χ0n) is 22.3. The SMILES string of the molecule is CCCOc1cccc(C(C(=O)NCC)(c2ccccc2OC)N2CCC(N3CCCCC3)CC2)c1. The Morgan fingerprint density at radius 1 is 1.00 bits per heavy atom. The van der Waals surface area contributed by atoms with E-state index in [0.29, 0.717) is 19.2 Å². The van der Waals surface area contributed by atoms with Crippen LogP contribution >= 0.6 is 0 Å². The molecular formula is C30H43N3O3. The molecule has 2 heterocycles. The molecular weight excluding hydrogens is 450 g/mol. The van der Waals surface area contributed by atoms with Crippen molar-refractivity contribution in [2.75, 3.05) is 46.4 Å². The fourth-order valence-electron chi connectivity index (χ4n) is 6.02. The molecule has 2 aromatic carbocycles. The number of methoxy groups -OCH3 is 1. The first-order valence-electron chi connectivity index (χ1n) is 13.8. The Balaban J connectivity index is 1.79. The van der Waals surface area contributed by atoms with Crippen LogP contribution in [-0.4, -0.2) is 68.2 Å². The summed E-state index contributed by atoms with van der Waals surface area (Å²) in [5, 5.41) is 3.18. The predicted octanol–water partition coefficient (Wildman–Crippen LogP) is 4.81. The molecule has 0 bridgehead atoms. The standard InChI is InChI=1S/C30H43N3O3/c1-4-22-36-26-13-11-12-24(23-26)30(29(34)31-5-2,27-14-7-8-15-28(27)35-3)33-20-16-25(17-21-33)32-18-9-6-10-19-32/h7-8,11-15,23,25H,4-6,9-10,16-22H2,1-3H3,(H,31,34). The second kappa shape index (κ2) is 12.6. The molecule has 1 atom stereocenters. The number of rotatable bonds is 10. The van der Waals surface area contributed by atoms with Crippen LogP contribution in [0, 0.1) is 0 Å². The van der Waals surface area contributed by atoms with Crippen molar-refractivity contribution in [3.05, 3.63) is 59.7 Å². The van der Waals surface area contributed by atoms with Gasteiger partial charge in [0, 0.05) is 31.2 Å². The van der Waals surface area contributed by atoms with Gasteiger partial charge >= 0.3 is 0 Å². The maximum Gasteiger partial charge on any atom is 0.249 e. The minimum atomic E-state index is -1.01. The third-order valence-corrected chi connectivity index (χ3v) is 7.73. The van der Waals surface area contributed by atoms with Crippen molar-refractivity contribution in [3.8, 4) is 11.5 Å². The number of nitrogens with zero attached hydrogens (tertiary/aromatic N) is 2. The first-order chi connectivity index (χ1) is 17.6. The molecule has 36 heavy (non-hydrogen) atoms. The monoisotopic (exact) mass is 493 g/mol. The van der Waals surface area contributed by atoms with Gasteiger partial charge in [0.1, 0.15) is 11.5 Å². The van der Waals surface area contributed by atoms with Crippen LogP contribution in [0.5, 0.6) is 11.5 Å². The molecule has 1 amide bonds. The summed E-state index contributed by atoms with van der Waals surface area (Å²) in [6, 6.07) is 16.7. The van der Waals surface area contributed by atoms with Crippen LogP contribution in [0.3, 0.4) is 0 Å². The van der Waals surface area contributed by atoms with E-state index in [1.54, 1.807) is 7.11 Å². The van der Waals surface area contributed by atoms with Gasteiger partial charge in [0.2, 0.25) is 5.91 Å². The van der Waals surface area contributed by atoms with Crippen molar-refractivity contribution in [1.29, 1.82) is 0 Å². The largest absolute Gasteiger partial charge is 0.496 e. The van der Waals surface area contributed by atoms with Crippen molar-refractivity contribution >= 4 is 5.91 Å². The zero-order chi connectivity index (χ0) is 25.4. The van der Waals surface area contributed by atoms with Gasteiger partial charge in [-0.25, -0.2) is 0 Å². The summed E-state index contributed by atoms with van der Waals surface area (Å²) in [6.45, 7) is 9.38. The first kappa shape index (κ1) is 26.5. The van der Waals surface area contributed by atoms with Crippen molar-refractivity contribution < 1.29 is 14.3 Å². The average molecular weight is 494 g/mol. The first-order valence-corrected chi connectivity index (χ1v) is 13.8. The number of amides is 1. The number of ether oxygens (including phenoxy) is 2. The smallest absolute Gasteiger partial charge is 0.249 e. The van der Waals surface area contributed by atoms with E-state index >= 15 is 0 Å². The average Bonchev–Trinajstić information content (AvgIpc) is 2.94. The molecule has 2 aliphatic heterocycles. The van der Waals surface area contributed by atoms with Crippen LogP contribution in [0.1, 0.15) is 63.5 Å². The van der Waals surface area contributed by atoms with Gasteiger partial charge in [-0.15, -0.1) is 0 Å². The highest BCUT2D eigenvalue weighted by Gasteiger charge is 2.50. The van der Waals surface area contributed by atoms with Crippen LogP contribution in [0.15, 0.2) is 48.5 Å². The van der Waals surface area contributed by atoms with Crippen LogP contribution < -0.4 is 14.8 Å². The highest BCUT2D eigenvalue weighted by atomic mass is 16.5. The summed E-state index contributed by atoms with van der Waals surface area (Å²) in [5.74, 6) is 1.50. The summed E-state index contributed by atoms with van der Waals surface area (Å²) in [7, 11) is 1.69. The van der Waals surface area contributed by atoms with Crippen molar-refractivity contribution in [3.63, 3.8) is 0 Å².